The monoisotopic (exact) mass is 295 g/mol. The van der Waals surface area contributed by atoms with E-state index in [1.807, 2.05) is 6.07 Å². The van der Waals surface area contributed by atoms with Crippen molar-refractivity contribution >= 4 is 5.88 Å². The first kappa shape index (κ1) is 15.1. The van der Waals surface area contributed by atoms with Crippen LogP contribution in [0.3, 0.4) is 0 Å². The van der Waals surface area contributed by atoms with Crippen molar-refractivity contribution in [3.05, 3.63) is 40.9 Å². The summed E-state index contributed by atoms with van der Waals surface area (Å²) in [6.45, 7) is 0. The lowest BCUT2D eigenvalue weighted by Gasteiger charge is -2.08. The van der Waals surface area contributed by atoms with Gasteiger partial charge >= 0.3 is 5.55 Å². The third-order valence-electron chi connectivity index (χ3n) is 3.18. The molecule has 110 valence electrons. The zero-order chi connectivity index (χ0) is 16.3. The van der Waals surface area contributed by atoms with E-state index >= 15 is 0 Å². The summed E-state index contributed by atoms with van der Waals surface area (Å²) in [5.41, 5.74) is 7.71. The van der Waals surface area contributed by atoms with Gasteiger partial charge in [0.1, 0.15) is 37.5 Å². The zero-order valence-corrected chi connectivity index (χ0v) is 12.5. The summed E-state index contributed by atoms with van der Waals surface area (Å²) in [6.07, 6.45) is 0. The molecule has 0 fully saturated rings. The van der Waals surface area contributed by atoms with E-state index in [9.17, 15) is 10.5 Å². The van der Waals surface area contributed by atoms with E-state index in [0.717, 1.165) is 0 Å². The predicted molar refractivity (Wildman–Crippen MR) is 81.7 cm³/mol. The molecule has 2 N–H and O–H groups in total. The normalized spacial score (nSPS) is 9.68. The molecule has 0 atom stereocenters. The maximum Gasteiger partial charge on any atom is 0.387 e. The standard InChI is InChI=1S/C16H14N4O2/c1-20(2)16-13(9-18)14(12(8-17)15(19)22-16)10-4-6-11(21-3)7-5-10/h4-7,19H,1-3H3/p+1. The number of benzene rings is 1. The molecule has 1 aromatic carbocycles. The third-order valence-corrected chi connectivity index (χ3v) is 3.18. The summed E-state index contributed by atoms with van der Waals surface area (Å²) in [4.78, 5) is 0. The summed E-state index contributed by atoms with van der Waals surface area (Å²) in [5, 5.41) is 18.9. The number of nitrogens with two attached hydrogens (primary N) is 1. The predicted octanol–water partition coefficient (Wildman–Crippen LogP) is 1.31. The molecule has 0 saturated carbocycles. The topological polar surface area (TPSA) is 99.0 Å². The lowest BCUT2D eigenvalue weighted by atomic mass is 9.97. The van der Waals surface area contributed by atoms with Crippen LogP contribution in [0.15, 0.2) is 28.7 Å². The smallest absolute Gasteiger partial charge is 0.387 e. The molecule has 1 heterocycles. The van der Waals surface area contributed by atoms with Crippen LogP contribution in [0.4, 0.5) is 5.88 Å². The summed E-state index contributed by atoms with van der Waals surface area (Å²) >= 11 is 0. The van der Waals surface area contributed by atoms with E-state index < -0.39 is 0 Å². The first-order chi connectivity index (χ1) is 10.5. The van der Waals surface area contributed by atoms with Crippen molar-refractivity contribution in [1.82, 2.24) is 4.58 Å². The molecule has 6 heteroatoms. The van der Waals surface area contributed by atoms with Crippen LogP contribution in [0.1, 0.15) is 11.1 Å². The van der Waals surface area contributed by atoms with Gasteiger partial charge in [0.05, 0.1) is 7.11 Å². The lowest BCUT2D eigenvalue weighted by Crippen LogP contribution is -2.26. The fraction of sp³-hybridized carbons (Fsp3) is 0.188. The van der Waals surface area contributed by atoms with Gasteiger partial charge in [-0.25, -0.2) is 4.58 Å². The Morgan fingerprint density at radius 3 is 2.14 bits per heavy atom. The molecule has 0 bridgehead atoms. The first-order valence-electron chi connectivity index (χ1n) is 6.45. The molecule has 0 radical (unpaired) electrons. The molecular formula is C16H15N4O2+. The van der Waals surface area contributed by atoms with E-state index in [1.54, 1.807) is 50.0 Å². The van der Waals surface area contributed by atoms with Gasteiger partial charge in [-0.1, -0.05) is 12.1 Å². The average molecular weight is 295 g/mol. The molecule has 0 aliphatic rings. The Bertz CT molecular complexity index is 861. The van der Waals surface area contributed by atoms with Gasteiger partial charge < -0.3 is 14.9 Å². The quantitative estimate of drug-likeness (QED) is 0.842. The van der Waals surface area contributed by atoms with Gasteiger partial charge in [-0.3, -0.25) is 0 Å². The highest BCUT2D eigenvalue weighted by atomic mass is 16.5. The van der Waals surface area contributed by atoms with Gasteiger partial charge in [-0.2, -0.15) is 10.5 Å². The van der Waals surface area contributed by atoms with Crippen molar-refractivity contribution in [2.75, 3.05) is 26.9 Å². The van der Waals surface area contributed by atoms with Crippen molar-refractivity contribution in [1.29, 1.82) is 10.5 Å². The summed E-state index contributed by atoms with van der Waals surface area (Å²) in [7, 11) is 5.05. The number of nitrogens with zero attached hydrogens (tertiary/aromatic N) is 3. The van der Waals surface area contributed by atoms with Crippen LogP contribution in [-0.4, -0.2) is 21.2 Å². The second-order valence-corrected chi connectivity index (χ2v) is 4.74. The summed E-state index contributed by atoms with van der Waals surface area (Å²) < 4.78 is 12.2. The minimum absolute atomic E-state index is 0.0176. The minimum Gasteiger partial charge on any atom is -0.497 e. The largest absolute Gasteiger partial charge is 0.497 e. The molecule has 0 unspecified atom stereocenters. The van der Waals surface area contributed by atoms with E-state index in [0.29, 0.717) is 22.4 Å². The average Bonchev–Trinajstić information content (AvgIpc) is 2.53. The molecule has 0 spiro atoms. The number of hydrogen-bond acceptors (Lipinski definition) is 5. The van der Waals surface area contributed by atoms with Crippen LogP contribution in [0, 0.1) is 22.7 Å². The zero-order valence-electron chi connectivity index (χ0n) is 12.5. The fourth-order valence-corrected chi connectivity index (χ4v) is 2.14. The van der Waals surface area contributed by atoms with E-state index in [-0.39, 0.29) is 17.0 Å². The highest BCUT2D eigenvalue weighted by molar-refractivity contribution is 5.79. The van der Waals surface area contributed by atoms with E-state index in [4.69, 9.17) is 14.9 Å². The second-order valence-electron chi connectivity index (χ2n) is 4.74. The summed E-state index contributed by atoms with van der Waals surface area (Å²) in [6, 6.07) is 11.2. The second kappa shape index (κ2) is 6.02. The fourth-order valence-electron chi connectivity index (χ4n) is 2.14. The number of ether oxygens (including phenoxy) is 1. The first-order valence-corrected chi connectivity index (χ1v) is 6.45. The van der Waals surface area contributed by atoms with E-state index in [1.165, 1.54) is 0 Å². The third kappa shape index (κ3) is 2.50. The number of anilines is 1. The molecule has 6 nitrogen and oxygen atoms in total. The Balaban J connectivity index is 2.92. The Morgan fingerprint density at radius 2 is 1.68 bits per heavy atom. The van der Waals surface area contributed by atoms with Crippen LogP contribution in [0.25, 0.3) is 11.1 Å². The van der Waals surface area contributed by atoms with Gasteiger partial charge in [-0.05, 0) is 17.7 Å². The van der Waals surface area contributed by atoms with Gasteiger partial charge in [0.25, 0.3) is 0 Å². The Hall–Kier alpha value is -3.25. The molecule has 22 heavy (non-hydrogen) atoms. The van der Waals surface area contributed by atoms with Crippen LogP contribution in [-0.2, 0) is 0 Å². The highest BCUT2D eigenvalue weighted by Crippen LogP contribution is 2.30. The molecule has 1 aromatic heterocycles. The number of nitriles is 2. The summed E-state index contributed by atoms with van der Waals surface area (Å²) in [5.74, 6) is 0.665. The number of methoxy groups -OCH3 is 1. The SMILES string of the molecule is COc1ccc(-c2c(C#N)c(N)oc(=[N+](C)C)c2C#N)cc1. The van der Waals surface area contributed by atoms with Gasteiger partial charge in [-0.15, -0.1) is 0 Å². The number of hydrogen-bond donors (Lipinski definition) is 1. The molecule has 0 aliphatic heterocycles. The maximum atomic E-state index is 9.51. The van der Waals surface area contributed by atoms with Gasteiger partial charge in [0.15, 0.2) is 5.56 Å². The van der Waals surface area contributed by atoms with Crippen LogP contribution in [0.2, 0.25) is 0 Å². The molecule has 2 aromatic rings. The lowest BCUT2D eigenvalue weighted by molar-refractivity contribution is 0.415. The Morgan fingerprint density at radius 1 is 1.09 bits per heavy atom. The van der Waals surface area contributed by atoms with Gasteiger partial charge in [0.2, 0.25) is 5.88 Å². The van der Waals surface area contributed by atoms with Crippen molar-refractivity contribution in [2.24, 2.45) is 0 Å². The van der Waals surface area contributed by atoms with Crippen LogP contribution in [0.5, 0.6) is 5.75 Å². The Kier molecular flexibility index (Phi) is 4.15. The number of nitrogen functional groups attached to an aromatic ring is 1. The molecule has 0 saturated heterocycles. The van der Waals surface area contributed by atoms with E-state index in [2.05, 4.69) is 6.07 Å². The Labute approximate surface area is 127 Å². The maximum absolute atomic E-state index is 9.51. The van der Waals surface area contributed by atoms with Crippen molar-refractivity contribution in [3.8, 4) is 29.0 Å². The van der Waals surface area contributed by atoms with Crippen molar-refractivity contribution in [2.45, 2.75) is 0 Å². The van der Waals surface area contributed by atoms with Crippen LogP contribution < -0.4 is 20.6 Å². The highest BCUT2D eigenvalue weighted by Gasteiger charge is 2.22. The molecule has 0 amide bonds. The number of rotatable bonds is 2. The molecular weight excluding hydrogens is 280 g/mol. The van der Waals surface area contributed by atoms with Gasteiger partial charge in [0, 0.05) is 5.56 Å². The van der Waals surface area contributed by atoms with Crippen molar-refractivity contribution < 1.29 is 9.15 Å². The molecule has 0 aliphatic carbocycles. The molecule has 2 rings (SSSR count). The minimum atomic E-state index is -0.0176. The van der Waals surface area contributed by atoms with Crippen molar-refractivity contribution in [3.63, 3.8) is 0 Å². The van der Waals surface area contributed by atoms with Crippen LogP contribution >= 0.6 is 0 Å².